The Hall–Kier alpha value is -3.74. The fourth-order valence-electron chi connectivity index (χ4n) is 4.35. The van der Waals surface area contributed by atoms with E-state index in [0.29, 0.717) is 26.2 Å². The van der Waals surface area contributed by atoms with E-state index in [1.165, 1.54) is 12.5 Å². The number of carbonyl (C=O) groups is 1. The lowest BCUT2D eigenvalue weighted by Gasteiger charge is -2.37. The first-order valence-electron chi connectivity index (χ1n) is 15.4. The van der Waals surface area contributed by atoms with Gasteiger partial charge in [-0.05, 0) is 76.8 Å². The van der Waals surface area contributed by atoms with Crippen LogP contribution in [0.15, 0.2) is 73.1 Å². The van der Waals surface area contributed by atoms with Gasteiger partial charge in [0, 0.05) is 31.7 Å². The molecular weight excluding hydrogens is 539 g/mol. The smallest absolute Gasteiger partial charge is 0.410 e. The number of anilines is 1. The third-order valence-corrected chi connectivity index (χ3v) is 6.23. The summed E-state index contributed by atoms with van der Waals surface area (Å²) < 4.78 is 18.0. The summed E-state index contributed by atoms with van der Waals surface area (Å²) in [5.41, 5.74) is 4.57. The molecule has 43 heavy (non-hydrogen) atoms. The van der Waals surface area contributed by atoms with E-state index < -0.39 is 5.60 Å². The molecule has 0 aliphatic carbocycles. The monoisotopic (exact) mass is 592 g/mol. The fraction of sp³-hybridized carbons (Fsp3) is 0.472. The molecule has 7 heteroatoms. The highest BCUT2D eigenvalue weighted by Gasteiger charge is 2.28. The molecule has 236 valence electrons. The number of hydrogen-bond donors (Lipinski definition) is 0. The predicted octanol–water partition coefficient (Wildman–Crippen LogP) is 9.13. The molecule has 1 aromatic heterocycles. The molecular formula is C36H53FN4O2. The number of allylic oxidation sites excluding steroid dienone is 7. The normalized spacial score (nSPS) is 14.0. The predicted molar refractivity (Wildman–Crippen MR) is 180 cm³/mol. The molecule has 6 nitrogen and oxygen atoms in total. The molecule has 2 aromatic rings. The molecule has 1 fully saturated rings. The zero-order valence-corrected chi connectivity index (χ0v) is 27.9. The minimum atomic E-state index is -0.494. The minimum absolute atomic E-state index is 0.133. The van der Waals surface area contributed by atoms with Gasteiger partial charge in [0.15, 0.2) is 0 Å². The zero-order chi connectivity index (χ0) is 32.4. The largest absolute Gasteiger partial charge is 0.444 e. The Labute approximate surface area is 260 Å². The van der Waals surface area contributed by atoms with Crippen LogP contribution in [0.1, 0.15) is 85.1 Å². The second kappa shape index (κ2) is 19.4. The van der Waals surface area contributed by atoms with Crippen molar-refractivity contribution in [1.29, 1.82) is 0 Å². The van der Waals surface area contributed by atoms with Gasteiger partial charge in [0.1, 0.15) is 23.6 Å². The van der Waals surface area contributed by atoms with E-state index in [0.717, 1.165) is 46.6 Å². The lowest BCUT2D eigenvalue weighted by Crippen LogP contribution is -2.50. The topological polar surface area (TPSA) is 58.6 Å². The number of nitrogens with zero attached hydrogens (tertiary/aromatic N) is 4. The standard InChI is InChI=1S/C24H34N4O2.C9H11F.C3H8/c1-8-11-12-19(9-2)20(10-3)21-18(4)25-17-26-22(21)27-13-15-28(16-14-27)23(29)30-24(5,6)7;1-2-4-8-5-3-6-9(10)7-8;1-3-2/h8-12,17H,2,13-16H2,1,3-7H3;3,5-7H,2,4H2,1H3;3H2,1-2H3/b11-8-,19-12+,20-10-;;. The molecule has 1 aliphatic rings. The molecule has 1 aliphatic heterocycles. The Morgan fingerprint density at radius 2 is 1.74 bits per heavy atom. The van der Waals surface area contributed by atoms with Crippen molar-refractivity contribution in [2.75, 3.05) is 31.1 Å². The highest BCUT2D eigenvalue weighted by molar-refractivity contribution is 5.88. The van der Waals surface area contributed by atoms with Gasteiger partial charge in [-0.1, -0.05) is 82.7 Å². The Bertz CT molecular complexity index is 1240. The van der Waals surface area contributed by atoms with E-state index in [1.54, 1.807) is 23.4 Å². The van der Waals surface area contributed by atoms with Gasteiger partial charge in [-0.2, -0.15) is 0 Å². The quantitative estimate of drug-likeness (QED) is 0.300. The maximum absolute atomic E-state index is 12.5. The van der Waals surface area contributed by atoms with Gasteiger partial charge in [0.25, 0.3) is 0 Å². The van der Waals surface area contributed by atoms with E-state index in [-0.39, 0.29) is 11.9 Å². The molecule has 0 N–H and O–H groups in total. The number of benzene rings is 1. The molecule has 0 unspecified atom stereocenters. The Morgan fingerprint density at radius 3 is 2.26 bits per heavy atom. The van der Waals surface area contributed by atoms with Crippen LogP contribution in [0.3, 0.4) is 0 Å². The summed E-state index contributed by atoms with van der Waals surface area (Å²) in [5, 5.41) is 0. The summed E-state index contributed by atoms with van der Waals surface area (Å²) in [6.07, 6.45) is 14.6. The molecule has 0 saturated carbocycles. The number of carbonyl (C=O) groups excluding carboxylic acids is 1. The number of aryl methyl sites for hydroxylation is 2. The van der Waals surface area contributed by atoms with Gasteiger partial charge < -0.3 is 14.5 Å². The summed E-state index contributed by atoms with van der Waals surface area (Å²) in [6.45, 7) is 24.5. The van der Waals surface area contributed by atoms with Crippen molar-refractivity contribution in [1.82, 2.24) is 14.9 Å². The van der Waals surface area contributed by atoms with Crippen LogP contribution in [0.5, 0.6) is 0 Å². The number of aromatic nitrogens is 2. The number of ether oxygens (including phenoxy) is 1. The summed E-state index contributed by atoms with van der Waals surface area (Å²) in [7, 11) is 0. The second-order valence-electron chi connectivity index (χ2n) is 11.3. The van der Waals surface area contributed by atoms with Crippen LogP contribution in [-0.2, 0) is 11.2 Å². The van der Waals surface area contributed by atoms with E-state index >= 15 is 0 Å². The van der Waals surface area contributed by atoms with Crippen LogP contribution in [0.25, 0.3) is 5.57 Å². The lowest BCUT2D eigenvalue weighted by atomic mass is 9.95. The molecule has 1 amide bonds. The van der Waals surface area contributed by atoms with Gasteiger partial charge in [-0.15, -0.1) is 0 Å². The average molecular weight is 593 g/mol. The van der Waals surface area contributed by atoms with E-state index in [1.807, 2.05) is 71.9 Å². The zero-order valence-electron chi connectivity index (χ0n) is 27.9. The maximum Gasteiger partial charge on any atom is 0.410 e. The SMILES string of the molecule is C=CC(=C\C=C/C)/C(=C/C)c1c(C)ncnc1N1CCN(C(=O)OC(C)(C)C)CC1.CCC.CCCc1cccc(F)c1. The van der Waals surface area contributed by atoms with Crippen molar-refractivity contribution < 1.29 is 13.9 Å². The van der Waals surface area contributed by atoms with Gasteiger partial charge in [0.2, 0.25) is 0 Å². The number of amides is 1. The van der Waals surface area contributed by atoms with Crippen molar-refractivity contribution in [2.45, 2.75) is 87.2 Å². The highest BCUT2D eigenvalue weighted by Crippen LogP contribution is 2.33. The highest BCUT2D eigenvalue weighted by atomic mass is 19.1. The third kappa shape index (κ3) is 13.0. The van der Waals surface area contributed by atoms with Gasteiger partial charge in [-0.25, -0.2) is 19.2 Å². The molecule has 0 radical (unpaired) electrons. The van der Waals surface area contributed by atoms with Crippen molar-refractivity contribution >= 4 is 17.5 Å². The lowest BCUT2D eigenvalue weighted by molar-refractivity contribution is 0.0240. The van der Waals surface area contributed by atoms with Crippen molar-refractivity contribution in [3.8, 4) is 0 Å². The molecule has 1 saturated heterocycles. The Kier molecular flexibility index (Phi) is 16.9. The summed E-state index contributed by atoms with van der Waals surface area (Å²) >= 11 is 0. The van der Waals surface area contributed by atoms with Crippen LogP contribution in [0, 0.1) is 12.7 Å². The molecule has 0 bridgehead atoms. The molecule has 1 aromatic carbocycles. The first-order valence-corrected chi connectivity index (χ1v) is 15.4. The van der Waals surface area contributed by atoms with Crippen molar-refractivity contribution in [3.05, 3.63) is 95.8 Å². The van der Waals surface area contributed by atoms with Gasteiger partial charge in [0.05, 0.1) is 5.69 Å². The van der Waals surface area contributed by atoms with Gasteiger partial charge in [-0.3, -0.25) is 0 Å². The van der Waals surface area contributed by atoms with E-state index in [4.69, 9.17) is 4.74 Å². The fourth-order valence-corrected chi connectivity index (χ4v) is 4.35. The molecule has 0 atom stereocenters. The molecule has 3 rings (SSSR count). The number of rotatable bonds is 7. The maximum atomic E-state index is 12.5. The number of hydrogen-bond acceptors (Lipinski definition) is 5. The summed E-state index contributed by atoms with van der Waals surface area (Å²) in [6, 6.07) is 6.76. The first kappa shape index (κ1) is 37.3. The summed E-state index contributed by atoms with van der Waals surface area (Å²) in [4.78, 5) is 25.4. The first-order chi connectivity index (χ1) is 20.5. The van der Waals surface area contributed by atoms with Crippen LogP contribution in [0.4, 0.5) is 15.0 Å². The average Bonchev–Trinajstić information content (AvgIpc) is 2.96. The van der Waals surface area contributed by atoms with E-state index in [2.05, 4.69) is 48.3 Å². The minimum Gasteiger partial charge on any atom is -0.444 e. The summed E-state index contributed by atoms with van der Waals surface area (Å²) in [5.74, 6) is 0.749. The van der Waals surface area contributed by atoms with Crippen LogP contribution >= 0.6 is 0 Å². The number of piperazine rings is 1. The van der Waals surface area contributed by atoms with Crippen molar-refractivity contribution in [3.63, 3.8) is 0 Å². The van der Waals surface area contributed by atoms with Crippen molar-refractivity contribution in [2.24, 2.45) is 0 Å². The second-order valence-corrected chi connectivity index (χ2v) is 11.3. The van der Waals surface area contributed by atoms with Gasteiger partial charge >= 0.3 is 6.09 Å². The number of halogens is 1. The Balaban J connectivity index is 0.000000589. The van der Waals surface area contributed by atoms with Crippen LogP contribution < -0.4 is 4.90 Å². The Morgan fingerprint density at radius 1 is 1.09 bits per heavy atom. The van der Waals surface area contributed by atoms with Crippen LogP contribution in [-0.4, -0.2) is 52.7 Å². The van der Waals surface area contributed by atoms with E-state index in [9.17, 15) is 9.18 Å². The molecule has 0 spiro atoms. The molecule has 2 heterocycles. The van der Waals surface area contributed by atoms with Crippen LogP contribution in [0.2, 0.25) is 0 Å². The third-order valence-electron chi connectivity index (χ3n) is 6.23.